The number of rotatable bonds is 2. The van der Waals surface area contributed by atoms with Crippen molar-refractivity contribution in [2.24, 2.45) is 0 Å². The number of para-hydroxylation sites is 1. The summed E-state index contributed by atoms with van der Waals surface area (Å²) in [4.78, 5) is 25.3. The van der Waals surface area contributed by atoms with Crippen molar-refractivity contribution in [3.8, 4) is 5.75 Å². The van der Waals surface area contributed by atoms with Gasteiger partial charge in [-0.15, -0.1) is 0 Å². The van der Waals surface area contributed by atoms with E-state index in [1.54, 1.807) is 66.7 Å². The Morgan fingerprint density at radius 1 is 0.640 bits per heavy atom. The van der Waals surface area contributed by atoms with Crippen LogP contribution in [0.2, 0.25) is 0 Å². The van der Waals surface area contributed by atoms with Gasteiger partial charge < -0.3 is 5.11 Å². The van der Waals surface area contributed by atoms with Crippen molar-refractivity contribution in [2.45, 2.75) is 0 Å². The third-order valence-electron chi connectivity index (χ3n) is 4.34. The van der Waals surface area contributed by atoms with Crippen molar-refractivity contribution in [3.05, 3.63) is 100 Å². The number of fused-ring (bicyclic) bond motifs is 2. The third kappa shape index (κ3) is 2.56. The summed E-state index contributed by atoms with van der Waals surface area (Å²) in [5, 5.41) is 9.82. The molecular formula is C22H14O3. The minimum absolute atomic E-state index is 0.124. The smallest absolute Gasteiger partial charge is 0.194 e. The summed E-state index contributed by atoms with van der Waals surface area (Å²) in [6.07, 6.45) is 3.59. The van der Waals surface area contributed by atoms with Crippen LogP contribution in [-0.2, 0) is 0 Å². The van der Waals surface area contributed by atoms with E-state index in [2.05, 4.69) is 0 Å². The summed E-state index contributed by atoms with van der Waals surface area (Å²) in [6, 6.07) is 19.1. The quantitative estimate of drug-likeness (QED) is 0.558. The van der Waals surface area contributed by atoms with E-state index in [0.29, 0.717) is 27.8 Å². The molecule has 0 heterocycles. The van der Waals surface area contributed by atoms with E-state index in [1.807, 2.05) is 12.1 Å². The van der Waals surface area contributed by atoms with Crippen molar-refractivity contribution >= 4 is 23.7 Å². The fourth-order valence-electron chi connectivity index (χ4n) is 3.04. The summed E-state index contributed by atoms with van der Waals surface area (Å²) in [5.41, 5.74) is 3.24. The van der Waals surface area contributed by atoms with E-state index in [1.165, 1.54) is 0 Å². The first-order valence-corrected chi connectivity index (χ1v) is 7.94. The topological polar surface area (TPSA) is 54.4 Å². The van der Waals surface area contributed by atoms with Crippen molar-refractivity contribution in [1.29, 1.82) is 0 Å². The van der Waals surface area contributed by atoms with E-state index >= 15 is 0 Å². The Morgan fingerprint density at radius 3 is 1.96 bits per heavy atom. The van der Waals surface area contributed by atoms with Gasteiger partial charge in [0.05, 0.1) is 0 Å². The number of hydrogen-bond acceptors (Lipinski definition) is 3. The maximum Gasteiger partial charge on any atom is 0.194 e. The van der Waals surface area contributed by atoms with Gasteiger partial charge >= 0.3 is 0 Å². The Morgan fingerprint density at radius 2 is 1.24 bits per heavy atom. The second-order valence-corrected chi connectivity index (χ2v) is 5.90. The Kier molecular flexibility index (Phi) is 3.55. The van der Waals surface area contributed by atoms with Crippen LogP contribution < -0.4 is 0 Å². The van der Waals surface area contributed by atoms with Crippen LogP contribution in [0.15, 0.2) is 66.7 Å². The second-order valence-electron chi connectivity index (χ2n) is 5.90. The molecule has 25 heavy (non-hydrogen) atoms. The normalized spacial score (nSPS) is 13.0. The van der Waals surface area contributed by atoms with Gasteiger partial charge in [-0.25, -0.2) is 0 Å². The number of phenolic OH excluding ortho intramolecular Hbond substituents is 1. The number of carbonyl (C=O) groups is 2. The van der Waals surface area contributed by atoms with Gasteiger partial charge in [-0.2, -0.15) is 0 Å². The fraction of sp³-hybridized carbons (Fsp3) is 0. The van der Waals surface area contributed by atoms with Gasteiger partial charge in [-0.3, -0.25) is 9.59 Å². The lowest BCUT2D eigenvalue weighted by molar-refractivity contribution is 0.0979. The summed E-state index contributed by atoms with van der Waals surface area (Å²) >= 11 is 0. The minimum atomic E-state index is -0.136. The van der Waals surface area contributed by atoms with Gasteiger partial charge in [0.25, 0.3) is 0 Å². The van der Waals surface area contributed by atoms with Crippen LogP contribution in [0.5, 0.6) is 5.75 Å². The summed E-state index contributed by atoms with van der Waals surface area (Å²) in [5.74, 6) is -0.0682. The van der Waals surface area contributed by atoms with Crippen LogP contribution >= 0.6 is 0 Å². The molecule has 3 aromatic carbocycles. The van der Waals surface area contributed by atoms with E-state index < -0.39 is 0 Å². The molecule has 0 unspecified atom stereocenters. The highest BCUT2D eigenvalue weighted by molar-refractivity contribution is 6.28. The summed E-state index contributed by atoms with van der Waals surface area (Å²) in [6.45, 7) is 0. The molecule has 3 nitrogen and oxygen atoms in total. The molecule has 0 saturated carbocycles. The van der Waals surface area contributed by atoms with Crippen molar-refractivity contribution in [2.75, 3.05) is 0 Å². The molecule has 120 valence electrons. The first-order chi connectivity index (χ1) is 12.1. The molecule has 0 aliphatic heterocycles. The summed E-state index contributed by atoms with van der Waals surface area (Å²) < 4.78 is 0. The molecule has 3 aromatic rings. The Labute approximate surface area is 144 Å². The Hall–Kier alpha value is -3.46. The van der Waals surface area contributed by atoms with Crippen LogP contribution in [0.1, 0.15) is 43.0 Å². The van der Waals surface area contributed by atoms with Gasteiger partial charge in [-0.1, -0.05) is 60.7 Å². The molecule has 0 aromatic heterocycles. The lowest BCUT2D eigenvalue weighted by Gasteiger charge is -2.17. The van der Waals surface area contributed by atoms with Crippen LogP contribution in [-0.4, -0.2) is 16.7 Å². The largest absolute Gasteiger partial charge is 0.507 e. The maximum absolute atomic E-state index is 12.7. The lowest BCUT2D eigenvalue weighted by atomic mass is 9.83. The van der Waals surface area contributed by atoms with E-state index in [9.17, 15) is 14.7 Å². The van der Waals surface area contributed by atoms with E-state index in [-0.39, 0.29) is 17.3 Å². The summed E-state index contributed by atoms with van der Waals surface area (Å²) in [7, 11) is 0. The van der Waals surface area contributed by atoms with Gasteiger partial charge in [0, 0.05) is 27.8 Å². The predicted molar refractivity (Wildman–Crippen MR) is 96.8 cm³/mol. The van der Waals surface area contributed by atoms with Crippen molar-refractivity contribution < 1.29 is 14.7 Å². The van der Waals surface area contributed by atoms with Crippen LogP contribution in [0, 0.1) is 0 Å². The monoisotopic (exact) mass is 326 g/mol. The lowest BCUT2D eigenvalue weighted by Crippen LogP contribution is -2.20. The maximum atomic E-state index is 12.7. The van der Waals surface area contributed by atoms with Gasteiger partial charge in [0.15, 0.2) is 11.6 Å². The standard InChI is InChI=1S/C22H14O3/c23-20-8-4-1-5-15(20)11-9-14-10-12-18-19(13-14)22(25)17-7-3-2-6-16(17)21(18)24/h1-13,23H/b11-9+. The van der Waals surface area contributed by atoms with Gasteiger partial charge in [0.1, 0.15) is 5.75 Å². The van der Waals surface area contributed by atoms with Crippen LogP contribution in [0.3, 0.4) is 0 Å². The fourth-order valence-corrected chi connectivity index (χ4v) is 3.04. The third-order valence-corrected chi connectivity index (χ3v) is 4.34. The molecule has 0 spiro atoms. The van der Waals surface area contributed by atoms with E-state index in [0.717, 1.165) is 5.56 Å². The molecule has 0 saturated heterocycles. The zero-order valence-corrected chi connectivity index (χ0v) is 13.3. The minimum Gasteiger partial charge on any atom is -0.507 e. The van der Waals surface area contributed by atoms with Crippen LogP contribution in [0.4, 0.5) is 0 Å². The molecule has 0 fully saturated rings. The molecule has 1 N–H and O–H groups in total. The second kappa shape index (κ2) is 5.87. The molecule has 1 aliphatic carbocycles. The number of hydrogen-bond donors (Lipinski definition) is 1. The van der Waals surface area contributed by atoms with Crippen LogP contribution in [0.25, 0.3) is 12.2 Å². The van der Waals surface area contributed by atoms with E-state index in [4.69, 9.17) is 0 Å². The number of ketones is 2. The average molecular weight is 326 g/mol. The van der Waals surface area contributed by atoms with Crippen molar-refractivity contribution in [1.82, 2.24) is 0 Å². The molecule has 4 rings (SSSR count). The Balaban J connectivity index is 1.75. The highest BCUT2D eigenvalue weighted by atomic mass is 16.3. The predicted octanol–water partition coefficient (Wildman–Crippen LogP) is 4.34. The number of aromatic hydroxyl groups is 1. The number of carbonyl (C=O) groups excluding carboxylic acids is 2. The van der Waals surface area contributed by atoms with Crippen molar-refractivity contribution in [3.63, 3.8) is 0 Å². The molecule has 0 bridgehead atoms. The SMILES string of the molecule is O=C1c2ccccc2C(=O)c2cc(/C=C/c3ccccc3O)ccc21. The zero-order chi connectivity index (χ0) is 17.4. The molecule has 0 atom stereocenters. The number of phenols is 1. The molecular weight excluding hydrogens is 312 g/mol. The van der Waals surface area contributed by atoms with Gasteiger partial charge in [0.2, 0.25) is 0 Å². The molecule has 0 amide bonds. The first-order valence-electron chi connectivity index (χ1n) is 7.94. The molecule has 3 heteroatoms. The Bertz CT molecular complexity index is 1040. The average Bonchev–Trinajstić information content (AvgIpc) is 2.65. The first kappa shape index (κ1) is 15.1. The zero-order valence-electron chi connectivity index (χ0n) is 13.3. The molecule has 1 aliphatic rings. The highest BCUT2D eigenvalue weighted by Gasteiger charge is 2.29. The molecule has 0 radical (unpaired) electrons. The number of benzene rings is 3. The highest BCUT2D eigenvalue weighted by Crippen LogP contribution is 2.28. The van der Waals surface area contributed by atoms with Gasteiger partial charge in [-0.05, 0) is 23.8 Å².